The molecule has 0 saturated carbocycles. The average Bonchev–Trinajstić information content (AvgIpc) is 2.59. The zero-order valence-electron chi connectivity index (χ0n) is 14.5. The maximum absolute atomic E-state index is 14.2. The lowest BCUT2D eigenvalue weighted by molar-refractivity contribution is -0.138. The molecule has 1 saturated heterocycles. The van der Waals surface area contributed by atoms with Crippen LogP contribution in [0, 0.1) is 5.82 Å². The van der Waals surface area contributed by atoms with Crippen LogP contribution >= 0.6 is 0 Å². The molecule has 1 aromatic carbocycles. The molecule has 1 unspecified atom stereocenters. The van der Waals surface area contributed by atoms with Crippen LogP contribution in [0.1, 0.15) is 12.0 Å². The van der Waals surface area contributed by atoms with Crippen molar-refractivity contribution >= 4 is 11.8 Å². The molecule has 0 radical (unpaired) electrons. The number of benzene rings is 1. The summed E-state index contributed by atoms with van der Waals surface area (Å²) in [5.41, 5.74) is 0.441. The number of carbonyl (C=O) groups is 2. The van der Waals surface area contributed by atoms with Crippen LogP contribution in [0.25, 0.3) is 0 Å². The fraction of sp³-hybridized carbons (Fsp3) is 0.529. The number of halogens is 1. The molecule has 0 aromatic heterocycles. The fourth-order valence-corrected chi connectivity index (χ4v) is 2.77. The summed E-state index contributed by atoms with van der Waals surface area (Å²) >= 11 is 0. The van der Waals surface area contributed by atoms with Gasteiger partial charge >= 0.3 is 0 Å². The molecular weight excluding hydrogens is 329 g/mol. The summed E-state index contributed by atoms with van der Waals surface area (Å²) in [6, 6.07) is 3.92. The molecule has 0 spiro atoms. The first-order chi connectivity index (χ1) is 12.0. The third kappa shape index (κ3) is 4.90. The van der Waals surface area contributed by atoms with Gasteiger partial charge in [-0.3, -0.25) is 14.5 Å². The van der Waals surface area contributed by atoms with Crippen molar-refractivity contribution in [3.63, 3.8) is 0 Å². The molecule has 2 amide bonds. The standard InChI is InChI=1S/C17H24FN3O4/c1-20(7-8-22)16(23)10-15-17(24)19-5-6-21(15)11-12-3-4-13(25-2)9-14(12)18/h3-4,9,15,22H,5-8,10-11H2,1-2H3,(H,19,24). The monoisotopic (exact) mass is 353 g/mol. The van der Waals surface area contributed by atoms with Crippen molar-refractivity contribution in [2.24, 2.45) is 0 Å². The van der Waals surface area contributed by atoms with Crippen LogP contribution in [-0.4, -0.2) is 73.2 Å². The largest absolute Gasteiger partial charge is 0.497 e. The van der Waals surface area contributed by atoms with E-state index in [9.17, 15) is 14.0 Å². The Kier molecular flexibility index (Phi) is 6.72. The van der Waals surface area contributed by atoms with Gasteiger partial charge in [-0.1, -0.05) is 6.07 Å². The van der Waals surface area contributed by atoms with E-state index in [1.165, 1.54) is 18.1 Å². The minimum absolute atomic E-state index is 0.0138. The van der Waals surface area contributed by atoms with E-state index in [1.807, 2.05) is 0 Å². The van der Waals surface area contributed by atoms with E-state index < -0.39 is 11.9 Å². The highest BCUT2D eigenvalue weighted by molar-refractivity contribution is 5.88. The number of hydrogen-bond acceptors (Lipinski definition) is 5. The topological polar surface area (TPSA) is 82.1 Å². The molecule has 1 heterocycles. The third-order valence-electron chi connectivity index (χ3n) is 4.30. The SMILES string of the molecule is COc1ccc(CN2CCNC(=O)C2CC(=O)N(C)CCO)c(F)c1. The van der Waals surface area contributed by atoms with Gasteiger partial charge in [-0.2, -0.15) is 0 Å². The van der Waals surface area contributed by atoms with Crippen molar-refractivity contribution in [3.8, 4) is 5.75 Å². The van der Waals surface area contributed by atoms with Gasteiger partial charge in [0, 0.05) is 44.9 Å². The number of likely N-dealkylation sites (N-methyl/N-ethyl adjacent to an activating group) is 1. The van der Waals surface area contributed by atoms with Crippen molar-refractivity contribution in [1.82, 2.24) is 15.1 Å². The number of aliphatic hydroxyl groups excluding tert-OH is 1. The van der Waals surface area contributed by atoms with E-state index in [1.54, 1.807) is 24.1 Å². The second-order valence-electron chi connectivity index (χ2n) is 5.98. The van der Waals surface area contributed by atoms with Gasteiger partial charge in [0.2, 0.25) is 11.8 Å². The van der Waals surface area contributed by atoms with Crippen LogP contribution in [0.15, 0.2) is 18.2 Å². The van der Waals surface area contributed by atoms with Crippen LogP contribution in [0.5, 0.6) is 5.75 Å². The van der Waals surface area contributed by atoms with Gasteiger partial charge in [-0.15, -0.1) is 0 Å². The Hall–Kier alpha value is -2.19. The second-order valence-corrected chi connectivity index (χ2v) is 5.98. The lowest BCUT2D eigenvalue weighted by Crippen LogP contribution is -2.56. The Labute approximate surface area is 146 Å². The Balaban J connectivity index is 2.11. The summed E-state index contributed by atoms with van der Waals surface area (Å²) in [6.07, 6.45) is -0.0138. The van der Waals surface area contributed by atoms with Gasteiger partial charge in [0.05, 0.1) is 26.2 Å². The Morgan fingerprint density at radius 3 is 2.92 bits per heavy atom. The van der Waals surface area contributed by atoms with E-state index in [0.717, 1.165) is 0 Å². The van der Waals surface area contributed by atoms with Crippen molar-refractivity contribution in [3.05, 3.63) is 29.6 Å². The molecule has 0 aliphatic carbocycles. The Morgan fingerprint density at radius 1 is 1.52 bits per heavy atom. The number of piperazine rings is 1. The van der Waals surface area contributed by atoms with Gasteiger partial charge in [-0.25, -0.2) is 4.39 Å². The number of hydrogen-bond donors (Lipinski definition) is 2. The molecule has 25 heavy (non-hydrogen) atoms. The lowest BCUT2D eigenvalue weighted by atomic mass is 10.1. The van der Waals surface area contributed by atoms with Crippen molar-refractivity contribution in [2.75, 3.05) is 40.4 Å². The summed E-state index contributed by atoms with van der Waals surface area (Å²) in [7, 11) is 3.04. The predicted octanol–water partition coefficient (Wildman–Crippen LogP) is -0.0245. The molecule has 2 rings (SSSR count). The van der Waals surface area contributed by atoms with E-state index in [-0.39, 0.29) is 37.9 Å². The minimum Gasteiger partial charge on any atom is -0.497 e. The quantitative estimate of drug-likeness (QED) is 0.720. The third-order valence-corrected chi connectivity index (χ3v) is 4.30. The molecule has 7 nitrogen and oxygen atoms in total. The molecule has 1 fully saturated rings. The normalized spacial score (nSPS) is 17.9. The lowest BCUT2D eigenvalue weighted by Gasteiger charge is -2.35. The first-order valence-electron chi connectivity index (χ1n) is 8.15. The Morgan fingerprint density at radius 2 is 2.28 bits per heavy atom. The molecule has 8 heteroatoms. The number of rotatable bonds is 7. The van der Waals surface area contributed by atoms with E-state index in [2.05, 4.69) is 5.32 Å². The number of methoxy groups -OCH3 is 1. The number of nitrogens with zero attached hydrogens (tertiary/aromatic N) is 2. The summed E-state index contributed by atoms with van der Waals surface area (Å²) in [5, 5.41) is 11.7. The van der Waals surface area contributed by atoms with Gasteiger partial charge in [0.1, 0.15) is 11.6 Å². The second kappa shape index (κ2) is 8.77. The minimum atomic E-state index is -0.663. The first-order valence-corrected chi connectivity index (χ1v) is 8.15. The first kappa shape index (κ1) is 19.1. The van der Waals surface area contributed by atoms with Crippen LogP contribution in [-0.2, 0) is 16.1 Å². The van der Waals surface area contributed by atoms with E-state index in [4.69, 9.17) is 9.84 Å². The number of carbonyl (C=O) groups excluding carboxylic acids is 2. The van der Waals surface area contributed by atoms with Crippen molar-refractivity contribution < 1.29 is 23.8 Å². The van der Waals surface area contributed by atoms with Gasteiger partial charge in [-0.05, 0) is 6.07 Å². The van der Waals surface area contributed by atoms with Crippen LogP contribution in [0.2, 0.25) is 0 Å². The number of nitrogens with one attached hydrogen (secondary N) is 1. The fourth-order valence-electron chi connectivity index (χ4n) is 2.77. The molecule has 138 valence electrons. The highest BCUT2D eigenvalue weighted by Crippen LogP contribution is 2.20. The molecular formula is C17H24FN3O4. The van der Waals surface area contributed by atoms with E-state index in [0.29, 0.717) is 24.4 Å². The van der Waals surface area contributed by atoms with Crippen LogP contribution in [0.3, 0.4) is 0 Å². The molecule has 1 aliphatic rings. The highest BCUT2D eigenvalue weighted by Gasteiger charge is 2.32. The number of aliphatic hydroxyl groups is 1. The number of amides is 2. The maximum atomic E-state index is 14.2. The summed E-state index contributed by atoms with van der Waals surface area (Å²) < 4.78 is 19.2. The van der Waals surface area contributed by atoms with Gasteiger partial charge < -0.3 is 20.1 Å². The zero-order valence-corrected chi connectivity index (χ0v) is 14.5. The summed E-state index contributed by atoms with van der Waals surface area (Å²) in [4.78, 5) is 27.6. The molecule has 1 aliphatic heterocycles. The average molecular weight is 353 g/mol. The molecule has 1 aromatic rings. The van der Waals surface area contributed by atoms with Crippen molar-refractivity contribution in [1.29, 1.82) is 0 Å². The zero-order chi connectivity index (χ0) is 18.4. The molecule has 2 N–H and O–H groups in total. The van der Waals surface area contributed by atoms with Crippen LogP contribution < -0.4 is 10.1 Å². The van der Waals surface area contributed by atoms with E-state index >= 15 is 0 Å². The molecule has 1 atom stereocenters. The van der Waals surface area contributed by atoms with Crippen LogP contribution in [0.4, 0.5) is 4.39 Å². The summed E-state index contributed by atoms with van der Waals surface area (Å²) in [5.74, 6) is -0.468. The van der Waals surface area contributed by atoms with Gasteiger partial charge in [0.25, 0.3) is 0 Å². The Bertz CT molecular complexity index is 626. The van der Waals surface area contributed by atoms with Gasteiger partial charge in [0.15, 0.2) is 0 Å². The highest BCUT2D eigenvalue weighted by atomic mass is 19.1. The van der Waals surface area contributed by atoms with Crippen molar-refractivity contribution in [2.45, 2.75) is 19.0 Å². The maximum Gasteiger partial charge on any atom is 0.237 e. The predicted molar refractivity (Wildman–Crippen MR) is 89.5 cm³/mol. The number of ether oxygens (including phenoxy) is 1. The summed E-state index contributed by atoms with van der Waals surface area (Å²) in [6.45, 7) is 1.28. The molecule has 0 bridgehead atoms. The smallest absolute Gasteiger partial charge is 0.237 e.